The average molecular weight is 344 g/mol. The van der Waals surface area contributed by atoms with Crippen LogP contribution in [0.2, 0.25) is 0 Å². The van der Waals surface area contributed by atoms with Gasteiger partial charge in [0.2, 0.25) is 5.91 Å². The van der Waals surface area contributed by atoms with Crippen molar-refractivity contribution in [2.24, 2.45) is 5.92 Å². The summed E-state index contributed by atoms with van der Waals surface area (Å²) in [5.74, 6) is -0.273. The Morgan fingerprint density at radius 2 is 2.12 bits per heavy atom. The van der Waals surface area contributed by atoms with Crippen LogP contribution in [0.25, 0.3) is 0 Å². The minimum atomic E-state index is -0.186. The lowest BCUT2D eigenvalue weighted by Crippen LogP contribution is -2.43. The van der Waals surface area contributed by atoms with E-state index in [1.165, 1.54) is 0 Å². The van der Waals surface area contributed by atoms with Gasteiger partial charge in [-0.3, -0.25) is 9.59 Å². The molecule has 6 nitrogen and oxygen atoms in total. The summed E-state index contributed by atoms with van der Waals surface area (Å²) >= 11 is 1.14. The molecule has 1 saturated heterocycles. The molecule has 2 heterocycles. The summed E-state index contributed by atoms with van der Waals surface area (Å²) in [6, 6.07) is 9.40. The number of nitrogens with one attached hydrogen (secondary N) is 1. The van der Waals surface area contributed by atoms with Crippen molar-refractivity contribution in [3.8, 4) is 0 Å². The van der Waals surface area contributed by atoms with Crippen molar-refractivity contribution in [1.82, 2.24) is 14.5 Å². The maximum Gasteiger partial charge on any atom is 0.267 e. The molecular weight excluding hydrogens is 324 g/mol. The van der Waals surface area contributed by atoms with Crippen molar-refractivity contribution in [1.29, 1.82) is 0 Å². The standard InChI is InChI=1S/C17H20N4O2S/c1-2-14-15(24-20-19-14)17(23)21-10-6-7-12(11-21)16(22)18-13-8-4-3-5-9-13/h3-5,8-9,12H,2,6-7,10-11H2,1H3,(H,18,22). The van der Waals surface area contributed by atoms with E-state index in [0.717, 1.165) is 35.8 Å². The van der Waals surface area contributed by atoms with Crippen LogP contribution in [0.4, 0.5) is 5.69 Å². The molecule has 1 atom stereocenters. The molecule has 1 unspecified atom stereocenters. The first kappa shape index (κ1) is 16.6. The van der Waals surface area contributed by atoms with Gasteiger partial charge in [0.25, 0.3) is 5.91 Å². The average Bonchev–Trinajstić information content (AvgIpc) is 3.10. The summed E-state index contributed by atoms with van der Waals surface area (Å²) in [5.41, 5.74) is 1.52. The van der Waals surface area contributed by atoms with Gasteiger partial charge in [0.05, 0.1) is 11.6 Å². The Labute approximate surface area is 145 Å². The molecule has 126 valence electrons. The van der Waals surface area contributed by atoms with Gasteiger partial charge < -0.3 is 10.2 Å². The zero-order valence-corrected chi connectivity index (χ0v) is 14.4. The second-order valence-electron chi connectivity index (χ2n) is 5.85. The van der Waals surface area contributed by atoms with Crippen LogP contribution in [0.1, 0.15) is 35.1 Å². The first-order valence-electron chi connectivity index (χ1n) is 8.15. The minimum absolute atomic E-state index is 0.0307. The molecule has 2 amide bonds. The number of amides is 2. The molecule has 1 aliphatic heterocycles. The zero-order chi connectivity index (χ0) is 16.9. The molecule has 1 N–H and O–H groups in total. The highest BCUT2D eigenvalue weighted by atomic mass is 32.1. The number of carbonyl (C=O) groups is 2. The summed E-state index contributed by atoms with van der Waals surface area (Å²) in [5, 5.41) is 6.93. The Morgan fingerprint density at radius 1 is 1.33 bits per heavy atom. The number of anilines is 1. The molecule has 1 aromatic carbocycles. The summed E-state index contributed by atoms with van der Waals surface area (Å²) in [7, 11) is 0. The van der Waals surface area contributed by atoms with Gasteiger partial charge in [-0.25, -0.2) is 0 Å². The lowest BCUT2D eigenvalue weighted by molar-refractivity contribution is -0.121. The summed E-state index contributed by atoms with van der Waals surface area (Å²) in [6.45, 7) is 3.08. The summed E-state index contributed by atoms with van der Waals surface area (Å²) < 4.78 is 3.88. The maximum atomic E-state index is 12.7. The van der Waals surface area contributed by atoms with Gasteiger partial charge in [0.15, 0.2) is 0 Å². The Balaban J connectivity index is 1.66. The zero-order valence-electron chi connectivity index (χ0n) is 13.6. The van der Waals surface area contributed by atoms with Crippen molar-refractivity contribution < 1.29 is 9.59 Å². The van der Waals surface area contributed by atoms with E-state index in [1.807, 2.05) is 37.3 Å². The van der Waals surface area contributed by atoms with Gasteiger partial charge in [-0.05, 0) is 42.9 Å². The second-order valence-corrected chi connectivity index (χ2v) is 6.60. The number of carbonyl (C=O) groups excluding carboxylic acids is 2. The van der Waals surface area contributed by atoms with Crippen LogP contribution >= 0.6 is 11.5 Å². The molecular formula is C17H20N4O2S. The monoisotopic (exact) mass is 344 g/mol. The number of piperidine rings is 1. The van der Waals surface area contributed by atoms with E-state index in [1.54, 1.807) is 4.90 Å². The van der Waals surface area contributed by atoms with E-state index in [9.17, 15) is 9.59 Å². The van der Waals surface area contributed by atoms with Crippen LogP contribution in [0, 0.1) is 5.92 Å². The van der Waals surface area contributed by atoms with Crippen molar-refractivity contribution in [3.63, 3.8) is 0 Å². The number of aryl methyl sites for hydroxylation is 1. The third-order valence-electron chi connectivity index (χ3n) is 4.21. The highest BCUT2D eigenvalue weighted by Gasteiger charge is 2.30. The van der Waals surface area contributed by atoms with Gasteiger partial charge in [-0.1, -0.05) is 29.6 Å². The van der Waals surface area contributed by atoms with E-state index in [0.29, 0.717) is 24.4 Å². The lowest BCUT2D eigenvalue weighted by atomic mass is 9.96. The van der Waals surface area contributed by atoms with Crippen LogP contribution in [0.5, 0.6) is 0 Å². The van der Waals surface area contributed by atoms with Gasteiger partial charge >= 0.3 is 0 Å². The largest absolute Gasteiger partial charge is 0.337 e. The van der Waals surface area contributed by atoms with E-state index in [4.69, 9.17) is 0 Å². The molecule has 1 aromatic heterocycles. The maximum absolute atomic E-state index is 12.7. The Hall–Kier alpha value is -2.28. The minimum Gasteiger partial charge on any atom is -0.337 e. The predicted octanol–water partition coefficient (Wildman–Crippen LogP) is 2.59. The number of aromatic nitrogens is 2. The van der Waals surface area contributed by atoms with Crippen molar-refractivity contribution in [2.75, 3.05) is 18.4 Å². The first-order valence-corrected chi connectivity index (χ1v) is 8.92. The van der Waals surface area contributed by atoms with Gasteiger partial charge in [0.1, 0.15) is 4.88 Å². The Bertz CT molecular complexity index is 716. The molecule has 0 bridgehead atoms. The molecule has 1 aliphatic rings. The molecule has 0 saturated carbocycles. The number of nitrogens with zero attached hydrogens (tertiary/aromatic N) is 3. The smallest absolute Gasteiger partial charge is 0.267 e. The number of benzene rings is 1. The molecule has 3 rings (SSSR count). The molecule has 0 spiro atoms. The van der Waals surface area contributed by atoms with Crippen LogP contribution in [-0.2, 0) is 11.2 Å². The SMILES string of the molecule is CCc1nnsc1C(=O)N1CCCC(C(=O)Nc2ccccc2)C1. The number of likely N-dealkylation sites (tertiary alicyclic amines) is 1. The van der Waals surface area contributed by atoms with Crippen LogP contribution < -0.4 is 5.32 Å². The van der Waals surface area contributed by atoms with E-state index < -0.39 is 0 Å². The number of hydrogen-bond acceptors (Lipinski definition) is 5. The molecule has 0 radical (unpaired) electrons. The number of rotatable bonds is 4. The van der Waals surface area contributed by atoms with Gasteiger partial charge in [-0.2, -0.15) is 0 Å². The highest BCUT2D eigenvalue weighted by molar-refractivity contribution is 7.08. The van der Waals surface area contributed by atoms with Crippen LogP contribution in [0.3, 0.4) is 0 Å². The van der Waals surface area contributed by atoms with Gasteiger partial charge in [0, 0.05) is 18.8 Å². The Morgan fingerprint density at radius 3 is 2.88 bits per heavy atom. The predicted molar refractivity (Wildman–Crippen MR) is 93.0 cm³/mol. The quantitative estimate of drug-likeness (QED) is 0.925. The lowest BCUT2D eigenvalue weighted by Gasteiger charge is -2.31. The van der Waals surface area contributed by atoms with E-state index >= 15 is 0 Å². The molecule has 0 aliphatic carbocycles. The Kier molecular flexibility index (Phi) is 5.20. The normalized spacial score (nSPS) is 17.5. The topological polar surface area (TPSA) is 75.2 Å². The van der Waals surface area contributed by atoms with E-state index in [2.05, 4.69) is 14.9 Å². The fourth-order valence-corrected chi connectivity index (χ4v) is 3.61. The molecule has 1 fully saturated rings. The highest BCUT2D eigenvalue weighted by Crippen LogP contribution is 2.22. The van der Waals surface area contributed by atoms with Gasteiger partial charge in [-0.15, -0.1) is 5.10 Å². The number of hydrogen-bond donors (Lipinski definition) is 1. The number of para-hydroxylation sites is 1. The summed E-state index contributed by atoms with van der Waals surface area (Å²) in [4.78, 5) is 27.5. The van der Waals surface area contributed by atoms with E-state index in [-0.39, 0.29) is 17.7 Å². The fourth-order valence-electron chi connectivity index (χ4n) is 2.89. The molecule has 7 heteroatoms. The van der Waals surface area contributed by atoms with Crippen molar-refractivity contribution in [2.45, 2.75) is 26.2 Å². The van der Waals surface area contributed by atoms with Crippen LogP contribution in [0.15, 0.2) is 30.3 Å². The molecule has 24 heavy (non-hydrogen) atoms. The van der Waals surface area contributed by atoms with Crippen molar-refractivity contribution >= 4 is 29.0 Å². The second kappa shape index (κ2) is 7.53. The first-order chi connectivity index (χ1) is 11.7. The third kappa shape index (κ3) is 3.62. The van der Waals surface area contributed by atoms with Crippen LogP contribution in [-0.4, -0.2) is 39.4 Å². The summed E-state index contributed by atoms with van der Waals surface area (Å²) in [6.07, 6.45) is 2.31. The fraction of sp³-hybridized carbons (Fsp3) is 0.412. The molecule has 2 aromatic rings. The van der Waals surface area contributed by atoms with Crippen molar-refractivity contribution in [3.05, 3.63) is 40.9 Å². The third-order valence-corrected chi connectivity index (χ3v) is 4.96.